The van der Waals surface area contributed by atoms with Crippen LogP contribution < -0.4 is 64.2 Å². The van der Waals surface area contributed by atoms with E-state index >= 15 is 0 Å². The lowest BCUT2D eigenvalue weighted by molar-refractivity contribution is -0.144. The van der Waals surface area contributed by atoms with Crippen LogP contribution in [0.3, 0.4) is 0 Å². The summed E-state index contributed by atoms with van der Waals surface area (Å²) in [6.07, 6.45) is -1.06. The summed E-state index contributed by atoms with van der Waals surface area (Å²) in [6.45, 7) is 3.34. The number of carboxylic acid groups (broad SMARTS) is 3. The van der Waals surface area contributed by atoms with E-state index in [4.69, 9.17) is 5.73 Å². The number of rotatable bonds is 41. The first kappa shape index (κ1) is 81.5. The van der Waals surface area contributed by atoms with Gasteiger partial charge in [0.05, 0.1) is 25.4 Å². The average Bonchev–Trinajstić information content (AvgIpc) is 0.867. The van der Waals surface area contributed by atoms with Gasteiger partial charge in [0.25, 0.3) is 0 Å². The molecule has 0 unspecified atom stereocenters. The van der Waals surface area contributed by atoms with Crippen LogP contribution in [0.15, 0.2) is 109 Å². The number of phenolic OH excluding ortho intramolecular Hbond substituents is 2. The Morgan fingerprint density at radius 3 is 1.19 bits per heavy atom. The quantitative estimate of drug-likeness (QED) is 0.0213. The summed E-state index contributed by atoms with van der Waals surface area (Å²) < 4.78 is 0. The molecule has 0 bridgehead atoms. The zero-order valence-electron chi connectivity index (χ0n) is 54.4. The van der Waals surface area contributed by atoms with Crippen molar-refractivity contribution in [1.29, 1.82) is 0 Å². The molecular formula is C65H84N12O19S3. The topological polar surface area (TPSA) is 498 Å². The first-order valence-electron chi connectivity index (χ1n) is 31.0. The zero-order valence-corrected chi connectivity index (χ0v) is 57.0. The van der Waals surface area contributed by atoms with Gasteiger partial charge in [-0.2, -0.15) is 37.0 Å². The van der Waals surface area contributed by atoms with Crippen molar-refractivity contribution < 1.29 is 92.7 Å². The number of nitrogens with one attached hydrogen (secondary N) is 11. The van der Waals surface area contributed by atoms with Gasteiger partial charge in [-0.05, 0) is 84.2 Å². The average molecular weight is 1430 g/mol. The molecule has 0 radical (unpaired) electrons. The molecule has 0 aliphatic heterocycles. The van der Waals surface area contributed by atoms with Crippen molar-refractivity contribution in [3.05, 3.63) is 131 Å². The molecule has 11 amide bonds. The third-order valence-corrected chi connectivity index (χ3v) is 16.3. The van der Waals surface area contributed by atoms with E-state index in [0.717, 1.165) is 5.56 Å². The van der Waals surface area contributed by atoms with Gasteiger partial charge in [0, 0.05) is 30.8 Å². The summed E-state index contributed by atoms with van der Waals surface area (Å²) in [5.41, 5.74) is 8.07. The van der Waals surface area contributed by atoms with Crippen molar-refractivity contribution >= 4 is 120 Å². The highest BCUT2D eigenvalue weighted by Crippen LogP contribution is 2.16. The lowest BCUT2D eigenvalue weighted by atomic mass is 10.0. The van der Waals surface area contributed by atoms with Crippen molar-refractivity contribution in [2.75, 3.05) is 30.1 Å². The molecular weight excluding hydrogens is 1350 g/mol. The molecule has 0 aliphatic carbocycles. The highest BCUT2D eigenvalue weighted by molar-refractivity contribution is 7.98. The Bertz CT molecular complexity index is 3450. The molecule has 4 aromatic rings. The largest absolute Gasteiger partial charge is 0.508 e. The molecule has 34 heteroatoms. The van der Waals surface area contributed by atoms with E-state index in [1.54, 1.807) is 66.9 Å². The SMILES string of the molecule is CSCC[C@H](NC(=O)[C@H](Cc1ccc(O)cc1)NC(=O)[C@H](CS)NC(=O)[C@H](C)NC(=O)[C@H](Cc1ccc(O)cc1)NC(=O)[C@H](Cc1ccccc1)NC(=O)CNC(=O)[C@H](CC(=O)O)NC(=O)[C@H](CS)NC(=O)[C@@H](N)Cc1ccccc1)C(=O)N[C@@H](CC(=O)O)C(=O)N[C@H](C(=O)O)C(C)C. The van der Waals surface area contributed by atoms with Crippen molar-refractivity contribution in [3.8, 4) is 11.5 Å². The number of hydrogen-bond acceptors (Lipinski definition) is 20. The second-order valence-corrected chi connectivity index (χ2v) is 24.9. The molecule has 0 saturated heterocycles. The van der Waals surface area contributed by atoms with Gasteiger partial charge < -0.3 is 89.8 Å². The van der Waals surface area contributed by atoms with Crippen LogP contribution >= 0.6 is 37.0 Å². The number of amides is 11. The molecule has 4 aromatic carbocycles. The minimum Gasteiger partial charge on any atom is -0.508 e. The predicted octanol–water partition coefficient (Wildman–Crippen LogP) is -2.02. The van der Waals surface area contributed by atoms with Crippen molar-refractivity contribution in [2.45, 2.75) is 132 Å². The number of aromatic hydroxyl groups is 2. The van der Waals surface area contributed by atoms with Gasteiger partial charge in [0.1, 0.15) is 71.9 Å². The monoisotopic (exact) mass is 1430 g/mol. The number of hydrogen-bond donors (Lipinski definition) is 19. The normalized spacial score (nSPS) is 14.3. The van der Waals surface area contributed by atoms with Gasteiger partial charge in [-0.1, -0.05) is 98.8 Å². The van der Waals surface area contributed by atoms with Gasteiger partial charge in [-0.15, -0.1) is 0 Å². The molecule has 0 aromatic heterocycles. The van der Waals surface area contributed by atoms with Crippen LogP contribution in [0.5, 0.6) is 11.5 Å². The van der Waals surface area contributed by atoms with Gasteiger partial charge in [-0.25, -0.2) is 4.79 Å². The number of thioether (sulfide) groups is 1. The highest BCUT2D eigenvalue weighted by atomic mass is 32.2. The highest BCUT2D eigenvalue weighted by Gasteiger charge is 2.36. The Labute approximate surface area is 585 Å². The Hall–Kier alpha value is -9.93. The standard InChI is InChI=1S/C65H84N12O19S3/c1-34(2)54(65(95)96)77-62(92)48(30-53(83)84)74-58(88)43(23-24-99-4)70-61(91)46(28-39-17-21-41(79)22-18-39)72-63(93)49(32-97)75-55(85)35(3)68-59(89)45(27-38-15-19-40(78)20-16-38)71-60(90)44(26-37-13-9-6-10-14-37)69-51(80)31-67-57(87)47(29-52(81)82)73-64(94)50(33-98)76-56(86)42(66)25-36-11-7-5-8-12-36/h5-22,34-35,42-50,54,78-79,97-98H,23-33,66H2,1-4H3,(H,67,87)(H,68,89)(H,69,80)(H,70,91)(H,71,90)(H,72,93)(H,73,94)(H,74,88)(H,75,85)(H,76,86)(H,77,92)(H,81,82)(H,83,84)(H,95,96)/t35-,42-,43-,44-,45-,46-,47-,48-,49-,50-,54-/m0/s1. The Balaban J connectivity index is 1.52. The summed E-state index contributed by atoms with van der Waals surface area (Å²) in [5.74, 6) is -16.9. The molecule has 0 fully saturated rings. The van der Waals surface area contributed by atoms with Crippen molar-refractivity contribution in [2.24, 2.45) is 11.7 Å². The maximum atomic E-state index is 14.5. The maximum absolute atomic E-state index is 14.5. The fourth-order valence-corrected chi connectivity index (χ4v) is 10.4. The molecule has 0 saturated carbocycles. The molecule has 0 aliphatic rings. The minimum absolute atomic E-state index is 0.102. The summed E-state index contributed by atoms with van der Waals surface area (Å²) in [6, 6.07) is 11.3. The summed E-state index contributed by atoms with van der Waals surface area (Å²) in [7, 11) is 0. The van der Waals surface area contributed by atoms with Gasteiger partial charge >= 0.3 is 17.9 Å². The van der Waals surface area contributed by atoms with E-state index < -0.39 is 180 Å². The lowest BCUT2D eigenvalue weighted by Crippen LogP contribution is -2.61. The van der Waals surface area contributed by atoms with Crippen molar-refractivity contribution in [1.82, 2.24) is 58.5 Å². The summed E-state index contributed by atoms with van der Waals surface area (Å²) in [4.78, 5) is 188. The minimum atomic E-state index is -1.80. The maximum Gasteiger partial charge on any atom is 0.326 e. The number of nitrogens with two attached hydrogens (primary N) is 1. The van der Waals surface area contributed by atoms with Crippen LogP contribution in [0.25, 0.3) is 0 Å². The number of benzene rings is 4. The Morgan fingerprint density at radius 2 is 0.768 bits per heavy atom. The molecule has 0 heterocycles. The molecule has 4 rings (SSSR count). The van der Waals surface area contributed by atoms with Crippen LogP contribution in [0.1, 0.15) is 62.3 Å². The third-order valence-electron chi connectivity index (χ3n) is 14.9. The van der Waals surface area contributed by atoms with E-state index in [1.165, 1.54) is 81.1 Å². The number of aliphatic carboxylic acids is 3. The van der Waals surface area contributed by atoms with E-state index in [9.17, 15) is 92.7 Å². The van der Waals surface area contributed by atoms with Crippen LogP contribution in [0.4, 0.5) is 0 Å². The molecule has 11 atom stereocenters. The second kappa shape index (κ2) is 41.4. The van der Waals surface area contributed by atoms with Crippen LogP contribution in [0, 0.1) is 5.92 Å². The number of carboxylic acids is 3. The number of carbonyl (C=O) groups is 14. The second-order valence-electron chi connectivity index (χ2n) is 23.1. The summed E-state index contributed by atoms with van der Waals surface area (Å²) in [5, 5.41) is 75.6. The fourth-order valence-electron chi connectivity index (χ4n) is 9.45. The van der Waals surface area contributed by atoms with E-state index in [0.29, 0.717) is 16.7 Å². The number of thiol groups is 2. The van der Waals surface area contributed by atoms with E-state index in [1.807, 2.05) is 0 Å². The number of phenols is 2. The zero-order chi connectivity index (χ0) is 73.5. The van der Waals surface area contributed by atoms with Crippen LogP contribution in [-0.4, -0.2) is 205 Å². The Morgan fingerprint density at radius 1 is 0.414 bits per heavy atom. The first-order chi connectivity index (χ1) is 46.9. The number of carbonyl (C=O) groups excluding carboxylic acids is 11. The van der Waals surface area contributed by atoms with Crippen LogP contribution in [0.2, 0.25) is 0 Å². The fraction of sp³-hybridized carbons (Fsp3) is 0.415. The predicted molar refractivity (Wildman–Crippen MR) is 368 cm³/mol. The smallest absolute Gasteiger partial charge is 0.326 e. The van der Waals surface area contributed by atoms with Crippen molar-refractivity contribution in [3.63, 3.8) is 0 Å². The van der Waals surface area contributed by atoms with Gasteiger partial charge in [0.15, 0.2) is 0 Å². The third kappa shape index (κ3) is 28.6. The molecule has 0 spiro atoms. The van der Waals surface area contributed by atoms with Gasteiger partial charge in [-0.3, -0.25) is 62.3 Å². The molecule has 31 nitrogen and oxygen atoms in total. The van der Waals surface area contributed by atoms with Gasteiger partial charge in [0.2, 0.25) is 65.0 Å². The van der Waals surface area contributed by atoms with E-state index in [2.05, 4.69) is 83.7 Å². The Kier molecular flexibility index (Phi) is 34.0. The summed E-state index contributed by atoms with van der Waals surface area (Å²) >= 11 is 9.66. The molecule has 536 valence electrons. The van der Waals surface area contributed by atoms with E-state index in [-0.39, 0.29) is 55.1 Å². The first-order valence-corrected chi connectivity index (χ1v) is 33.6. The lowest BCUT2D eigenvalue weighted by Gasteiger charge is -2.27. The molecule has 18 N–H and O–H groups in total. The van der Waals surface area contributed by atoms with Crippen LogP contribution in [-0.2, 0) is 92.8 Å². The molecule has 99 heavy (non-hydrogen) atoms.